The van der Waals surface area contributed by atoms with Crippen LogP contribution in [0.2, 0.25) is 5.02 Å². The largest absolute Gasteiger partial charge is 0.493 e. The lowest BCUT2D eigenvalue weighted by Gasteiger charge is -2.12. The van der Waals surface area contributed by atoms with Crippen LogP contribution in [0.5, 0.6) is 16.7 Å². The van der Waals surface area contributed by atoms with Gasteiger partial charge in [-0.2, -0.15) is 0 Å². The van der Waals surface area contributed by atoms with E-state index in [9.17, 15) is 14.4 Å². The third-order valence-electron chi connectivity index (χ3n) is 5.85. The van der Waals surface area contributed by atoms with E-state index in [1.54, 1.807) is 24.4 Å². The van der Waals surface area contributed by atoms with Gasteiger partial charge in [0.1, 0.15) is 23.2 Å². The van der Waals surface area contributed by atoms with E-state index in [1.165, 1.54) is 56.5 Å². The van der Waals surface area contributed by atoms with Gasteiger partial charge in [0.25, 0.3) is 17.0 Å². The van der Waals surface area contributed by atoms with E-state index in [1.807, 2.05) is 19.1 Å². The minimum atomic E-state index is -0.853. The molecule has 0 bridgehead atoms. The van der Waals surface area contributed by atoms with Crippen molar-refractivity contribution in [1.82, 2.24) is 20.6 Å². The average molecular weight is 585 g/mol. The van der Waals surface area contributed by atoms with Crippen molar-refractivity contribution in [3.05, 3.63) is 70.0 Å². The molecule has 0 unspecified atom stereocenters. The number of ether oxygens (including phenoxy) is 3. The number of benzene rings is 1. The number of nitrogens with zero attached hydrogens (tertiary/aromatic N) is 2. The maximum atomic E-state index is 12.7. The number of hydrogen-bond donors (Lipinski definition) is 2. The van der Waals surface area contributed by atoms with Crippen LogP contribution in [-0.2, 0) is 9.53 Å². The Hall–Kier alpha value is -3.96. The Morgan fingerprint density at radius 1 is 1.12 bits per heavy atom. The van der Waals surface area contributed by atoms with E-state index >= 15 is 0 Å². The smallest absolute Gasteiger partial charge is 0.328 e. The van der Waals surface area contributed by atoms with Gasteiger partial charge in [0.05, 0.1) is 23.6 Å². The quantitative estimate of drug-likeness (QED) is 0.288. The molecule has 12 heteroatoms. The highest BCUT2D eigenvalue weighted by atomic mass is 35.5. The summed E-state index contributed by atoms with van der Waals surface area (Å²) in [6.07, 6.45) is 9.08. The molecule has 2 atom stereocenters. The Balaban J connectivity index is 1.29. The van der Waals surface area contributed by atoms with Crippen molar-refractivity contribution in [2.45, 2.75) is 38.8 Å². The van der Waals surface area contributed by atoms with E-state index in [-0.39, 0.29) is 23.2 Å². The molecule has 2 amide bonds. The van der Waals surface area contributed by atoms with Gasteiger partial charge in [-0.1, -0.05) is 29.0 Å². The molecule has 1 aromatic carbocycles. The predicted molar refractivity (Wildman–Crippen MR) is 151 cm³/mol. The minimum absolute atomic E-state index is 0.00400. The molecule has 3 aromatic rings. The molecule has 1 saturated carbocycles. The molecule has 0 saturated heterocycles. The van der Waals surface area contributed by atoms with Crippen LogP contribution in [-0.4, -0.2) is 53.6 Å². The standard InChI is InChI=1S/C28H29ClN4O6S/c1-16(32-25(34)19-10-11-30-23(12-19)26(35)33-17(2)27(36)37-3)4-8-21-14-31-28(40-21)39-24-9-7-20(13-22(24)29)38-15-18-5-6-18/h4,7-14,16-18H,5-6,15H2,1-3H3,(H,32,34)(H,33,35)/t16-,17-/m0/s1. The minimum Gasteiger partial charge on any atom is -0.493 e. The number of thiazole rings is 1. The first kappa shape index (κ1) is 29.0. The second-order valence-corrected chi connectivity index (χ2v) is 10.7. The summed E-state index contributed by atoms with van der Waals surface area (Å²) < 4.78 is 16.2. The molecule has 0 spiro atoms. The fourth-order valence-corrected chi connectivity index (χ4v) is 4.32. The normalized spacial score (nSPS) is 14.3. The van der Waals surface area contributed by atoms with Crippen molar-refractivity contribution >= 4 is 46.8 Å². The maximum Gasteiger partial charge on any atom is 0.328 e. The van der Waals surface area contributed by atoms with Gasteiger partial charge in [0.2, 0.25) is 0 Å². The molecule has 210 valence electrons. The summed E-state index contributed by atoms with van der Waals surface area (Å²) >= 11 is 7.68. The molecule has 2 N–H and O–H groups in total. The van der Waals surface area contributed by atoms with Gasteiger partial charge in [0, 0.05) is 30.1 Å². The third-order valence-corrected chi connectivity index (χ3v) is 6.99. The second kappa shape index (κ2) is 13.4. The van der Waals surface area contributed by atoms with Crippen molar-refractivity contribution in [3.8, 4) is 16.7 Å². The van der Waals surface area contributed by atoms with Gasteiger partial charge in [0.15, 0.2) is 0 Å². The Kier molecular flexibility index (Phi) is 9.73. The lowest BCUT2D eigenvalue weighted by molar-refractivity contribution is -0.142. The van der Waals surface area contributed by atoms with Crippen molar-refractivity contribution < 1.29 is 28.6 Å². The summed E-state index contributed by atoms with van der Waals surface area (Å²) in [5, 5.41) is 6.19. The first-order valence-electron chi connectivity index (χ1n) is 12.6. The molecule has 1 aliphatic carbocycles. The van der Waals surface area contributed by atoms with Gasteiger partial charge >= 0.3 is 5.97 Å². The molecule has 2 aromatic heterocycles. The third kappa shape index (κ3) is 8.27. The van der Waals surface area contributed by atoms with Crippen molar-refractivity contribution in [2.75, 3.05) is 13.7 Å². The molecule has 0 aliphatic heterocycles. The zero-order valence-corrected chi connectivity index (χ0v) is 23.8. The SMILES string of the molecule is COC(=O)[C@H](C)NC(=O)c1cc(C(=O)N[C@@H](C)C=Cc2cnc(Oc3ccc(OCC4CC4)cc3Cl)s2)ccn1. The van der Waals surface area contributed by atoms with Crippen LogP contribution in [0.25, 0.3) is 6.08 Å². The number of pyridine rings is 1. The number of esters is 1. The van der Waals surface area contributed by atoms with E-state index in [4.69, 9.17) is 21.1 Å². The predicted octanol–water partition coefficient (Wildman–Crippen LogP) is 4.90. The highest BCUT2D eigenvalue weighted by molar-refractivity contribution is 7.14. The van der Waals surface area contributed by atoms with Crippen LogP contribution in [0.15, 0.2) is 48.8 Å². The molecule has 0 radical (unpaired) electrons. The Bertz CT molecular complexity index is 1410. The molecular formula is C28H29ClN4O6S. The first-order valence-corrected chi connectivity index (χ1v) is 13.8. The summed E-state index contributed by atoms with van der Waals surface area (Å²) in [5.41, 5.74) is 0.254. The number of carbonyl (C=O) groups excluding carboxylic acids is 3. The molecule has 1 fully saturated rings. The number of amides is 2. The van der Waals surface area contributed by atoms with Gasteiger partial charge in [-0.15, -0.1) is 0 Å². The number of nitrogens with one attached hydrogen (secondary N) is 2. The number of aromatic nitrogens is 2. The Labute approximate surface area is 240 Å². The van der Waals surface area contributed by atoms with Crippen LogP contribution in [0, 0.1) is 5.92 Å². The van der Waals surface area contributed by atoms with Crippen LogP contribution >= 0.6 is 22.9 Å². The fraction of sp³-hybridized carbons (Fsp3) is 0.321. The van der Waals surface area contributed by atoms with E-state index < -0.39 is 17.9 Å². The second-order valence-electron chi connectivity index (χ2n) is 9.25. The van der Waals surface area contributed by atoms with Crippen LogP contribution < -0.4 is 20.1 Å². The zero-order chi connectivity index (χ0) is 28.6. The number of methoxy groups -OCH3 is 1. The fourth-order valence-electron chi connectivity index (χ4n) is 3.42. The van der Waals surface area contributed by atoms with Crippen LogP contribution in [0.4, 0.5) is 0 Å². The summed E-state index contributed by atoms with van der Waals surface area (Å²) in [7, 11) is 1.23. The summed E-state index contributed by atoms with van der Waals surface area (Å²) in [4.78, 5) is 45.7. The first-order chi connectivity index (χ1) is 19.2. The summed E-state index contributed by atoms with van der Waals surface area (Å²) in [6.45, 7) is 4.01. The molecular weight excluding hydrogens is 556 g/mol. The van der Waals surface area contributed by atoms with Crippen molar-refractivity contribution in [2.24, 2.45) is 5.92 Å². The number of halogens is 1. The molecule has 2 heterocycles. The Morgan fingerprint density at radius 3 is 2.65 bits per heavy atom. The highest BCUT2D eigenvalue weighted by Crippen LogP contribution is 2.35. The van der Waals surface area contributed by atoms with E-state index in [0.717, 1.165) is 4.88 Å². The van der Waals surface area contributed by atoms with E-state index in [0.29, 0.717) is 34.2 Å². The number of carbonyl (C=O) groups is 3. The zero-order valence-electron chi connectivity index (χ0n) is 22.2. The molecule has 40 heavy (non-hydrogen) atoms. The highest BCUT2D eigenvalue weighted by Gasteiger charge is 2.22. The van der Waals surface area contributed by atoms with Crippen LogP contribution in [0.3, 0.4) is 0 Å². The summed E-state index contributed by atoms with van der Waals surface area (Å²) in [5.74, 6) is 0.275. The van der Waals surface area contributed by atoms with Gasteiger partial charge in [-0.05, 0) is 62.9 Å². The topological polar surface area (TPSA) is 129 Å². The van der Waals surface area contributed by atoms with Gasteiger partial charge in [-0.3, -0.25) is 14.6 Å². The lowest BCUT2D eigenvalue weighted by Crippen LogP contribution is -2.39. The van der Waals surface area contributed by atoms with E-state index in [2.05, 4.69) is 25.3 Å². The number of rotatable bonds is 12. The van der Waals surface area contributed by atoms with Gasteiger partial charge < -0.3 is 24.8 Å². The lowest BCUT2D eigenvalue weighted by atomic mass is 10.2. The summed E-state index contributed by atoms with van der Waals surface area (Å²) in [6, 6.07) is 6.98. The molecule has 10 nitrogen and oxygen atoms in total. The van der Waals surface area contributed by atoms with Crippen molar-refractivity contribution in [3.63, 3.8) is 0 Å². The van der Waals surface area contributed by atoms with Crippen LogP contribution in [0.1, 0.15) is 52.4 Å². The Morgan fingerprint density at radius 2 is 1.93 bits per heavy atom. The molecule has 1 aliphatic rings. The maximum absolute atomic E-state index is 12.7. The number of hydrogen-bond acceptors (Lipinski definition) is 9. The monoisotopic (exact) mass is 584 g/mol. The molecule has 4 rings (SSSR count). The van der Waals surface area contributed by atoms with Gasteiger partial charge in [-0.25, -0.2) is 9.78 Å². The average Bonchev–Trinajstić information content (AvgIpc) is 3.68. The van der Waals surface area contributed by atoms with Crippen molar-refractivity contribution in [1.29, 1.82) is 0 Å².